The Morgan fingerprint density at radius 1 is 1.08 bits per heavy atom. The van der Waals surface area contributed by atoms with Gasteiger partial charge < -0.3 is 9.88 Å². The lowest BCUT2D eigenvalue weighted by Crippen LogP contribution is -2.13. The van der Waals surface area contributed by atoms with E-state index in [4.69, 9.17) is 0 Å². The molecule has 1 heterocycles. The molecule has 0 saturated carbocycles. The lowest BCUT2D eigenvalue weighted by Gasteiger charge is -2.10. The Morgan fingerprint density at radius 2 is 1.79 bits per heavy atom. The van der Waals surface area contributed by atoms with Gasteiger partial charge in [0.25, 0.3) is 11.6 Å². The standard InChI is InChI=1S/C18H15N3O3/c1-13-16(8-5-9-17(13)21(23)24)19-18(22)14-6-4-7-15(12-14)20-10-2-3-11-20/h2-12H,1H3,(H,19,22). The molecule has 3 rings (SSSR count). The number of aromatic nitrogens is 1. The van der Waals surface area contributed by atoms with Crippen molar-refractivity contribution in [1.82, 2.24) is 4.57 Å². The van der Waals surface area contributed by atoms with Gasteiger partial charge >= 0.3 is 0 Å². The molecule has 120 valence electrons. The lowest BCUT2D eigenvalue weighted by atomic mass is 10.1. The average molecular weight is 321 g/mol. The third-order valence-electron chi connectivity index (χ3n) is 3.76. The number of nitrogens with zero attached hydrogens (tertiary/aromatic N) is 2. The Hall–Kier alpha value is -3.41. The molecule has 3 aromatic rings. The van der Waals surface area contributed by atoms with Gasteiger partial charge in [0.1, 0.15) is 0 Å². The average Bonchev–Trinajstić information content (AvgIpc) is 3.11. The number of hydrogen-bond acceptors (Lipinski definition) is 3. The van der Waals surface area contributed by atoms with E-state index in [1.165, 1.54) is 6.07 Å². The van der Waals surface area contributed by atoms with Gasteiger partial charge in [0.05, 0.1) is 16.2 Å². The first-order valence-corrected chi connectivity index (χ1v) is 7.35. The number of hydrogen-bond donors (Lipinski definition) is 1. The van der Waals surface area contributed by atoms with Crippen LogP contribution in [0.2, 0.25) is 0 Å². The van der Waals surface area contributed by atoms with Gasteiger partial charge in [-0.25, -0.2) is 0 Å². The van der Waals surface area contributed by atoms with Crippen molar-refractivity contribution in [2.45, 2.75) is 6.92 Å². The summed E-state index contributed by atoms with van der Waals surface area (Å²) in [4.78, 5) is 23.0. The van der Waals surface area contributed by atoms with E-state index in [1.54, 1.807) is 37.3 Å². The SMILES string of the molecule is Cc1c(NC(=O)c2cccc(-n3cccc3)c2)cccc1[N+](=O)[O-]. The fourth-order valence-corrected chi connectivity index (χ4v) is 2.47. The molecule has 0 spiro atoms. The van der Waals surface area contributed by atoms with E-state index < -0.39 is 4.92 Å². The molecule has 1 N–H and O–H groups in total. The van der Waals surface area contributed by atoms with E-state index in [1.807, 2.05) is 35.2 Å². The quantitative estimate of drug-likeness (QED) is 0.584. The maximum absolute atomic E-state index is 12.5. The van der Waals surface area contributed by atoms with Crippen LogP contribution in [0, 0.1) is 17.0 Å². The lowest BCUT2D eigenvalue weighted by molar-refractivity contribution is -0.385. The maximum Gasteiger partial charge on any atom is 0.274 e. The van der Waals surface area contributed by atoms with Gasteiger partial charge in [-0.15, -0.1) is 0 Å². The molecule has 0 radical (unpaired) electrons. The van der Waals surface area contributed by atoms with Crippen LogP contribution in [0.3, 0.4) is 0 Å². The summed E-state index contributed by atoms with van der Waals surface area (Å²) in [6.45, 7) is 1.62. The predicted octanol–water partition coefficient (Wildman–Crippen LogP) is 3.95. The molecule has 0 aliphatic heterocycles. The van der Waals surface area contributed by atoms with E-state index in [0.29, 0.717) is 16.8 Å². The number of benzene rings is 2. The zero-order chi connectivity index (χ0) is 17.1. The van der Waals surface area contributed by atoms with E-state index in [0.717, 1.165) is 5.69 Å². The molecule has 6 nitrogen and oxygen atoms in total. The fraction of sp³-hybridized carbons (Fsp3) is 0.0556. The minimum atomic E-state index is -0.461. The van der Waals surface area contributed by atoms with Crippen molar-refractivity contribution in [3.63, 3.8) is 0 Å². The van der Waals surface area contributed by atoms with Gasteiger partial charge in [-0.05, 0) is 43.3 Å². The van der Waals surface area contributed by atoms with Crippen LogP contribution < -0.4 is 5.32 Å². The zero-order valence-corrected chi connectivity index (χ0v) is 13.0. The van der Waals surface area contributed by atoms with E-state index in [2.05, 4.69) is 5.32 Å². The van der Waals surface area contributed by atoms with Gasteiger partial charge in [0.15, 0.2) is 0 Å². The molecule has 1 aromatic heterocycles. The number of nitrogens with one attached hydrogen (secondary N) is 1. The first-order valence-electron chi connectivity index (χ1n) is 7.35. The van der Waals surface area contributed by atoms with Crippen LogP contribution in [0.1, 0.15) is 15.9 Å². The summed E-state index contributed by atoms with van der Waals surface area (Å²) in [6, 6.07) is 15.6. The molecule has 6 heteroatoms. The highest BCUT2D eigenvalue weighted by Crippen LogP contribution is 2.25. The summed E-state index contributed by atoms with van der Waals surface area (Å²) in [5.41, 5.74) is 2.18. The molecule has 0 fully saturated rings. The Labute approximate surface area is 138 Å². The first-order chi connectivity index (χ1) is 11.6. The molecular formula is C18H15N3O3. The Bertz CT molecular complexity index is 902. The zero-order valence-electron chi connectivity index (χ0n) is 13.0. The molecule has 0 atom stereocenters. The third-order valence-corrected chi connectivity index (χ3v) is 3.76. The van der Waals surface area contributed by atoms with Crippen LogP contribution in [-0.4, -0.2) is 15.4 Å². The summed E-state index contributed by atoms with van der Waals surface area (Å²) in [7, 11) is 0. The fourth-order valence-electron chi connectivity index (χ4n) is 2.47. The number of amides is 1. The second kappa shape index (κ2) is 6.37. The molecule has 0 aliphatic rings. The summed E-state index contributed by atoms with van der Waals surface area (Å²) in [6.07, 6.45) is 3.78. The van der Waals surface area contributed by atoms with Crippen LogP contribution in [-0.2, 0) is 0 Å². The van der Waals surface area contributed by atoms with E-state index in [-0.39, 0.29) is 11.6 Å². The van der Waals surface area contributed by atoms with Crippen LogP contribution >= 0.6 is 0 Å². The van der Waals surface area contributed by atoms with Crippen LogP contribution in [0.5, 0.6) is 0 Å². The third kappa shape index (κ3) is 3.03. The van der Waals surface area contributed by atoms with Crippen molar-refractivity contribution in [1.29, 1.82) is 0 Å². The summed E-state index contributed by atoms with van der Waals surface area (Å²) in [5, 5.41) is 13.7. The van der Waals surface area contributed by atoms with Crippen LogP contribution in [0.15, 0.2) is 67.0 Å². The second-order valence-corrected chi connectivity index (χ2v) is 5.30. The van der Waals surface area contributed by atoms with Gasteiger partial charge in [-0.3, -0.25) is 14.9 Å². The highest BCUT2D eigenvalue weighted by molar-refractivity contribution is 6.05. The monoisotopic (exact) mass is 321 g/mol. The number of carbonyl (C=O) groups excluding carboxylic acids is 1. The summed E-state index contributed by atoms with van der Waals surface area (Å²) >= 11 is 0. The Balaban J connectivity index is 1.87. The van der Waals surface area contributed by atoms with Gasteiger partial charge in [0.2, 0.25) is 0 Å². The molecular weight excluding hydrogens is 306 g/mol. The maximum atomic E-state index is 12.5. The van der Waals surface area contributed by atoms with Gasteiger partial charge in [0, 0.05) is 29.7 Å². The van der Waals surface area contributed by atoms with Crippen molar-refractivity contribution in [2.24, 2.45) is 0 Å². The van der Waals surface area contributed by atoms with Crippen LogP contribution in [0.4, 0.5) is 11.4 Å². The summed E-state index contributed by atoms with van der Waals surface area (Å²) < 4.78 is 1.90. The minimum absolute atomic E-state index is 0.0195. The first kappa shape index (κ1) is 15.5. The molecule has 0 bridgehead atoms. The number of nitro groups is 1. The molecule has 1 amide bonds. The number of anilines is 1. The van der Waals surface area contributed by atoms with Crippen molar-refractivity contribution >= 4 is 17.3 Å². The highest BCUT2D eigenvalue weighted by Gasteiger charge is 2.15. The molecule has 24 heavy (non-hydrogen) atoms. The number of nitro benzene ring substituents is 1. The van der Waals surface area contributed by atoms with Crippen LogP contribution in [0.25, 0.3) is 5.69 Å². The van der Waals surface area contributed by atoms with Gasteiger partial charge in [-0.2, -0.15) is 0 Å². The largest absolute Gasteiger partial charge is 0.324 e. The minimum Gasteiger partial charge on any atom is -0.324 e. The summed E-state index contributed by atoms with van der Waals surface area (Å²) in [5.74, 6) is -0.312. The number of carbonyl (C=O) groups is 1. The molecule has 0 saturated heterocycles. The Morgan fingerprint density at radius 3 is 2.50 bits per heavy atom. The Kier molecular flexibility index (Phi) is 4.11. The van der Waals surface area contributed by atoms with Crippen molar-refractivity contribution in [3.8, 4) is 5.69 Å². The van der Waals surface area contributed by atoms with Crippen molar-refractivity contribution in [2.75, 3.05) is 5.32 Å². The van der Waals surface area contributed by atoms with Crippen molar-refractivity contribution < 1.29 is 9.72 Å². The number of rotatable bonds is 4. The van der Waals surface area contributed by atoms with E-state index >= 15 is 0 Å². The highest BCUT2D eigenvalue weighted by atomic mass is 16.6. The molecule has 2 aromatic carbocycles. The topological polar surface area (TPSA) is 77.2 Å². The molecule has 0 aliphatic carbocycles. The van der Waals surface area contributed by atoms with E-state index in [9.17, 15) is 14.9 Å². The predicted molar refractivity (Wildman–Crippen MR) is 91.6 cm³/mol. The smallest absolute Gasteiger partial charge is 0.274 e. The van der Waals surface area contributed by atoms with Gasteiger partial charge in [-0.1, -0.05) is 12.1 Å². The second-order valence-electron chi connectivity index (χ2n) is 5.30. The normalized spacial score (nSPS) is 10.4. The molecule has 0 unspecified atom stereocenters. The van der Waals surface area contributed by atoms with Crippen molar-refractivity contribution in [3.05, 3.63) is 88.2 Å².